The number of piperidine rings is 1. The van der Waals surface area contributed by atoms with Gasteiger partial charge < -0.3 is 20.6 Å². The van der Waals surface area contributed by atoms with E-state index in [4.69, 9.17) is 28.3 Å². The van der Waals surface area contributed by atoms with Crippen LogP contribution in [0.1, 0.15) is 43.2 Å². The van der Waals surface area contributed by atoms with E-state index in [9.17, 15) is 14.4 Å². The molecular weight excluding hydrogens is 606 g/mol. The fraction of sp³-hybridized carbons (Fsp3) is 0.364. The van der Waals surface area contributed by atoms with Crippen LogP contribution in [0.4, 0.5) is 21.5 Å². The van der Waals surface area contributed by atoms with Crippen molar-refractivity contribution in [2.45, 2.75) is 43.7 Å². The molecule has 0 radical (unpaired) electrons. The predicted molar refractivity (Wildman–Crippen MR) is 169 cm³/mol. The molecule has 6 rings (SSSR count). The quantitative estimate of drug-likeness (QED) is 0.224. The van der Waals surface area contributed by atoms with Gasteiger partial charge in [0.15, 0.2) is 0 Å². The lowest BCUT2D eigenvalue weighted by atomic mass is 9.70. The number of carbonyl (C=O) groups is 3. The number of fused-ring (bicyclic) bond motifs is 1. The first-order valence-electron chi connectivity index (χ1n) is 14.7. The van der Waals surface area contributed by atoms with Crippen LogP contribution in [0, 0.1) is 17.7 Å². The number of rotatable bonds is 10. The molecule has 1 saturated carbocycles. The molecule has 3 aromatic rings. The Morgan fingerprint density at radius 2 is 1.86 bits per heavy atom. The van der Waals surface area contributed by atoms with Crippen molar-refractivity contribution in [1.82, 2.24) is 4.90 Å². The molecule has 3 aliphatic rings. The average Bonchev–Trinajstić information content (AvgIpc) is 3.79. The van der Waals surface area contributed by atoms with Crippen LogP contribution in [-0.2, 0) is 19.9 Å². The number of anilines is 3. The zero-order valence-corrected chi connectivity index (χ0v) is 25.6. The number of likely N-dealkylation sites (tertiary alicyclic amines) is 1. The van der Waals surface area contributed by atoms with Gasteiger partial charge in [0.25, 0.3) is 0 Å². The molecule has 2 amide bonds. The molecule has 11 heteroatoms. The van der Waals surface area contributed by atoms with Gasteiger partial charge in [-0.1, -0.05) is 41.4 Å². The van der Waals surface area contributed by atoms with Gasteiger partial charge in [0.2, 0.25) is 12.3 Å². The number of carboxylic acid groups (broad SMARTS) is 1. The van der Waals surface area contributed by atoms with Crippen LogP contribution >= 0.6 is 23.2 Å². The maximum Gasteiger partial charge on any atom is 0.322 e. The maximum absolute atomic E-state index is 16.1. The van der Waals surface area contributed by atoms with E-state index in [-0.39, 0.29) is 23.5 Å². The lowest BCUT2D eigenvalue weighted by molar-refractivity contribution is -0.135. The Morgan fingerprint density at radius 3 is 2.55 bits per heavy atom. The molecule has 0 bridgehead atoms. The van der Waals surface area contributed by atoms with Crippen LogP contribution < -0.4 is 15.5 Å². The summed E-state index contributed by atoms with van der Waals surface area (Å²) in [6, 6.07) is 17.1. The standard InChI is InChI=1S/C33H33Cl2FN4O4/c1-33(24-12-7-20(34)15-26(24)38-18-41)30(23-3-2-4-25(35)31(23)36)29-27(40(33)17-19-5-6-19)13-14-39(32(29)44)22-10-8-21(9-11-22)37-16-28(42)43/h2-4,7-12,15,18-19,27,29-30,37H,5-6,13-14,16-17H2,1H3,(H,38,41)(H,42,43)/t27-,29+,30-,33+/m0/s1. The fourth-order valence-electron chi connectivity index (χ4n) is 7.30. The molecule has 3 N–H and O–H groups in total. The predicted octanol–water partition coefficient (Wildman–Crippen LogP) is 6.34. The molecule has 2 heterocycles. The second kappa shape index (κ2) is 12.0. The summed E-state index contributed by atoms with van der Waals surface area (Å²) in [5.41, 5.74) is 2.01. The second-order valence-electron chi connectivity index (χ2n) is 12.0. The monoisotopic (exact) mass is 638 g/mol. The molecule has 2 aliphatic heterocycles. The molecule has 0 unspecified atom stereocenters. The molecule has 4 atom stereocenters. The van der Waals surface area contributed by atoms with E-state index in [0.29, 0.717) is 52.9 Å². The number of nitrogens with one attached hydrogen (secondary N) is 2. The molecule has 3 aromatic carbocycles. The van der Waals surface area contributed by atoms with Crippen molar-refractivity contribution in [1.29, 1.82) is 0 Å². The Hall–Kier alpha value is -3.66. The van der Waals surface area contributed by atoms with Gasteiger partial charge in [-0.05, 0) is 85.7 Å². The third-order valence-electron chi connectivity index (χ3n) is 9.41. The molecule has 44 heavy (non-hydrogen) atoms. The number of aliphatic carboxylic acids is 1. The van der Waals surface area contributed by atoms with Gasteiger partial charge in [0.05, 0.1) is 16.5 Å². The molecule has 2 saturated heterocycles. The van der Waals surface area contributed by atoms with E-state index in [2.05, 4.69) is 15.5 Å². The summed E-state index contributed by atoms with van der Waals surface area (Å²) in [7, 11) is 0. The summed E-state index contributed by atoms with van der Waals surface area (Å²) < 4.78 is 16.1. The lowest BCUT2D eigenvalue weighted by Crippen LogP contribution is -2.52. The molecular formula is C33H33Cl2FN4O4. The Labute approximate surface area is 265 Å². The zero-order valence-electron chi connectivity index (χ0n) is 24.1. The van der Waals surface area contributed by atoms with Gasteiger partial charge in [-0.3, -0.25) is 19.3 Å². The van der Waals surface area contributed by atoms with Crippen molar-refractivity contribution in [3.05, 3.63) is 87.7 Å². The topological polar surface area (TPSA) is 102 Å². The first-order chi connectivity index (χ1) is 21.1. The fourth-order valence-corrected chi connectivity index (χ4v) is 7.65. The van der Waals surface area contributed by atoms with Gasteiger partial charge in [0.1, 0.15) is 12.4 Å². The van der Waals surface area contributed by atoms with Gasteiger partial charge >= 0.3 is 5.97 Å². The van der Waals surface area contributed by atoms with E-state index in [1.54, 1.807) is 53.4 Å². The van der Waals surface area contributed by atoms with E-state index < -0.39 is 29.2 Å². The van der Waals surface area contributed by atoms with Crippen LogP contribution in [0.2, 0.25) is 10.0 Å². The van der Waals surface area contributed by atoms with Crippen molar-refractivity contribution in [3.63, 3.8) is 0 Å². The maximum atomic E-state index is 16.1. The minimum Gasteiger partial charge on any atom is -0.480 e. The van der Waals surface area contributed by atoms with E-state index >= 15 is 4.39 Å². The van der Waals surface area contributed by atoms with E-state index in [1.807, 2.05) is 13.0 Å². The summed E-state index contributed by atoms with van der Waals surface area (Å²) in [4.78, 5) is 41.5. The normalized spacial score (nSPS) is 25.0. The minimum atomic E-state index is -0.974. The number of halogens is 3. The van der Waals surface area contributed by atoms with Crippen LogP contribution in [-0.4, -0.2) is 54.0 Å². The third kappa shape index (κ3) is 5.42. The number of nitrogens with zero attached hydrogens (tertiary/aromatic N) is 2. The Balaban J connectivity index is 1.48. The first kappa shape index (κ1) is 30.4. The van der Waals surface area contributed by atoms with Crippen molar-refractivity contribution >= 4 is 58.6 Å². The summed E-state index contributed by atoms with van der Waals surface area (Å²) in [5.74, 6) is -2.46. The summed E-state index contributed by atoms with van der Waals surface area (Å²) >= 11 is 12.7. The van der Waals surface area contributed by atoms with Crippen molar-refractivity contribution < 1.29 is 23.9 Å². The highest BCUT2D eigenvalue weighted by atomic mass is 35.5. The SMILES string of the molecule is C[C@@]1(c2ccc(Cl)cc2NC=O)[C@@H](c2cccc(Cl)c2F)[C@@H]2C(=O)N(c3ccc(NCC(=O)O)cc3)CC[C@@H]2N1CC1CC1. The molecule has 230 valence electrons. The summed E-state index contributed by atoms with van der Waals surface area (Å²) in [6.07, 6.45) is 3.42. The largest absolute Gasteiger partial charge is 0.480 e. The molecule has 8 nitrogen and oxygen atoms in total. The highest BCUT2D eigenvalue weighted by Crippen LogP contribution is 2.60. The summed E-state index contributed by atoms with van der Waals surface area (Å²) in [6.45, 7) is 3.01. The Morgan fingerprint density at radius 1 is 1.11 bits per heavy atom. The summed E-state index contributed by atoms with van der Waals surface area (Å²) in [5, 5.41) is 15.1. The van der Waals surface area contributed by atoms with Gasteiger partial charge in [-0.2, -0.15) is 0 Å². The van der Waals surface area contributed by atoms with Gasteiger partial charge in [0, 0.05) is 47.1 Å². The van der Waals surface area contributed by atoms with Crippen LogP contribution in [0.25, 0.3) is 0 Å². The zero-order chi connectivity index (χ0) is 31.2. The highest BCUT2D eigenvalue weighted by Gasteiger charge is 2.63. The number of carbonyl (C=O) groups excluding carboxylic acids is 2. The Kier molecular flexibility index (Phi) is 8.30. The molecule has 0 spiro atoms. The van der Waals surface area contributed by atoms with Crippen LogP contribution in [0.5, 0.6) is 0 Å². The van der Waals surface area contributed by atoms with Crippen LogP contribution in [0.15, 0.2) is 60.7 Å². The van der Waals surface area contributed by atoms with Crippen molar-refractivity contribution in [3.8, 4) is 0 Å². The first-order valence-corrected chi connectivity index (χ1v) is 15.5. The highest BCUT2D eigenvalue weighted by molar-refractivity contribution is 6.31. The molecule has 1 aliphatic carbocycles. The number of amides is 2. The smallest absolute Gasteiger partial charge is 0.322 e. The number of hydrogen-bond donors (Lipinski definition) is 3. The number of hydrogen-bond acceptors (Lipinski definition) is 5. The van der Waals surface area contributed by atoms with Crippen molar-refractivity contribution in [2.75, 3.05) is 35.2 Å². The molecule has 0 aromatic heterocycles. The van der Waals surface area contributed by atoms with Gasteiger partial charge in [-0.25, -0.2) is 4.39 Å². The van der Waals surface area contributed by atoms with Crippen molar-refractivity contribution in [2.24, 2.45) is 11.8 Å². The van der Waals surface area contributed by atoms with Gasteiger partial charge in [-0.15, -0.1) is 0 Å². The second-order valence-corrected chi connectivity index (χ2v) is 12.8. The molecule has 3 fully saturated rings. The van der Waals surface area contributed by atoms with E-state index in [1.165, 1.54) is 6.07 Å². The van der Waals surface area contributed by atoms with Crippen LogP contribution in [0.3, 0.4) is 0 Å². The Bertz CT molecular complexity index is 1600. The third-order valence-corrected chi connectivity index (χ3v) is 9.94. The average molecular weight is 640 g/mol. The number of benzene rings is 3. The number of carboxylic acids is 1. The lowest BCUT2D eigenvalue weighted by Gasteiger charge is -2.43. The van der Waals surface area contributed by atoms with E-state index in [0.717, 1.165) is 24.9 Å². The minimum absolute atomic E-state index is 0.0195.